The van der Waals surface area contributed by atoms with Crippen molar-refractivity contribution in [2.45, 2.75) is 32.9 Å². The minimum Gasteiger partial charge on any atom is -0.465 e. The lowest BCUT2D eigenvalue weighted by atomic mass is 9.81. The Hall–Kier alpha value is -0.870. The first-order valence-corrected chi connectivity index (χ1v) is 5.30. The monoisotopic (exact) mass is 212 g/mol. The Morgan fingerprint density at radius 3 is 2.80 bits per heavy atom. The van der Waals surface area contributed by atoms with E-state index in [1.165, 1.54) is 0 Å². The second-order valence-electron chi connectivity index (χ2n) is 4.32. The Morgan fingerprint density at radius 1 is 1.60 bits per heavy atom. The van der Waals surface area contributed by atoms with Gasteiger partial charge in [0.05, 0.1) is 6.61 Å². The number of carbonyl (C=O) groups excluding carboxylic acids is 1. The zero-order valence-electron chi connectivity index (χ0n) is 9.67. The normalized spacial score (nSPS) is 26.3. The fraction of sp³-hybridized carbons (Fsp3) is 0.727. The van der Waals surface area contributed by atoms with Gasteiger partial charge in [0, 0.05) is 12.7 Å². The van der Waals surface area contributed by atoms with Crippen LogP contribution in [-0.2, 0) is 9.53 Å². The van der Waals surface area contributed by atoms with Crippen LogP contribution in [0.5, 0.6) is 0 Å². The summed E-state index contributed by atoms with van der Waals surface area (Å²) in [4.78, 5) is 11.7. The molecule has 15 heavy (non-hydrogen) atoms. The molecule has 1 saturated heterocycles. The van der Waals surface area contributed by atoms with Gasteiger partial charge >= 0.3 is 5.97 Å². The summed E-state index contributed by atoms with van der Waals surface area (Å²) in [5.74, 6) is -0.192. The minimum atomic E-state index is -0.280. The lowest BCUT2D eigenvalue weighted by molar-refractivity contribution is -0.146. The summed E-state index contributed by atoms with van der Waals surface area (Å²) in [5, 5.41) is 6.35. The van der Waals surface area contributed by atoms with Gasteiger partial charge in [-0.3, -0.25) is 15.4 Å². The van der Waals surface area contributed by atoms with Gasteiger partial charge in [-0.2, -0.15) is 0 Å². The lowest BCUT2D eigenvalue weighted by Crippen LogP contribution is -2.49. The molecule has 2 N–H and O–H groups in total. The summed E-state index contributed by atoms with van der Waals surface area (Å²) in [6, 6.07) is -0.244. The molecular weight excluding hydrogens is 192 g/mol. The highest BCUT2D eigenvalue weighted by molar-refractivity contribution is 5.77. The van der Waals surface area contributed by atoms with Crippen molar-refractivity contribution >= 4 is 5.97 Å². The second kappa shape index (κ2) is 4.77. The van der Waals surface area contributed by atoms with E-state index in [1.54, 1.807) is 0 Å². The van der Waals surface area contributed by atoms with Crippen LogP contribution < -0.4 is 10.6 Å². The Kier molecular flexibility index (Phi) is 3.88. The zero-order chi connectivity index (χ0) is 11.5. The Bertz CT molecular complexity index is 251. The van der Waals surface area contributed by atoms with E-state index in [-0.39, 0.29) is 23.5 Å². The summed E-state index contributed by atoms with van der Waals surface area (Å²) in [6.07, 6.45) is 1.86. The Labute approximate surface area is 91.1 Å². The molecule has 86 valence electrons. The molecule has 0 radical (unpaired) electrons. The van der Waals surface area contributed by atoms with Crippen molar-refractivity contribution in [3.8, 4) is 0 Å². The molecule has 1 aliphatic heterocycles. The predicted molar refractivity (Wildman–Crippen MR) is 59.3 cm³/mol. The Morgan fingerprint density at radius 2 is 2.27 bits per heavy atom. The molecule has 4 nitrogen and oxygen atoms in total. The number of hydrogen-bond acceptors (Lipinski definition) is 4. The van der Waals surface area contributed by atoms with Crippen LogP contribution >= 0.6 is 0 Å². The van der Waals surface area contributed by atoms with E-state index in [1.807, 2.05) is 13.0 Å². The maximum Gasteiger partial charge on any atom is 0.324 e. The van der Waals surface area contributed by atoms with Crippen LogP contribution in [0.4, 0.5) is 0 Å². The molecule has 0 bridgehead atoms. The summed E-state index contributed by atoms with van der Waals surface area (Å²) < 4.78 is 5.02. The van der Waals surface area contributed by atoms with E-state index in [2.05, 4.69) is 31.1 Å². The molecule has 0 saturated carbocycles. The van der Waals surface area contributed by atoms with Crippen molar-refractivity contribution in [1.82, 2.24) is 10.6 Å². The van der Waals surface area contributed by atoms with E-state index in [0.29, 0.717) is 13.3 Å². The number of esters is 1. The van der Waals surface area contributed by atoms with Crippen LogP contribution in [0.15, 0.2) is 12.7 Å². The molecule has 2 unspecified atom stereocenters. The quantitative estimate of drug-likeness (QED) is 0.530. The molecule has 2 atom stereocenters. The standard InChI is InChI=1S/C11H20N2O2/c1-5-11(3,4)9-8(12-7-13-9)10(14)15-6-2/h5,8-9,12-13H,1,6-7H2,2-4H3. The third-order valence-electron chi connectivity index (χ3n) is 2.85. The van der Waals surface area contributed by atoms with Crippen molar-refractivity contribution in [3.63, 3.8) is 0 Å². The molecule has 1 fully saturated rings. The van der Waals surface area contributed by atoms with Gasteiger partial charge in [0.1, 0.15) is 6.04 Å². The van der Waals surface area contributed by atoms with Crippen LogP contribution in [0, 0.1) is 5.41 Å². The van der Waals surface area contributed by atoms with Gasteiger partial charge in [0.25, 0.3) is 0 Å². The average molecular weight is 212 g/mol. The third-order valence-corrected chi connectivity index (χ3v) is 2.85. The lowest BCUT2D eigenvalue weighted by Gasteiger charge is -2.31. The average Bonchev–Trinajstić information content (AvgIpc) is 2.67. The molecule has 0 amide bonds. The highest BCUT2D eigenvalue weighted by Crippen LogP contribution is 2.26. The van der Waals surface area contributed by atoms with Crippen LogP contribution in [0.3, 0.4) is 0 Å². The van der Waals surface area contributed by atoms with Crippen molar-refractivity contribution in [2.75, 3.05) is 13.3 Å². The van der Waals surface area contributed by atoms with Gasteiger partial charge < -0.3 is 4.74 Å². The van der Waals surface area contributed by atoms with Crippen molar-refractivity contribution < 1.29 is 9.53 Å². The fourth-order valence-corrected chi connectivity index (χ4v) is 1.79. The van der Waals surface area contributed by atoms with Crippen molar-refractivity contribution in [1.29, 1.82) is 0 Å². The summed E-state index contributed by atoms with van der Waals surface area (Å²) in [6.45, 7) is 10.8. The number of rotatable bonds is 4. The SMILES string of the molecule is C=CC(C)(C)C1NCNC1C(=O)OCC. The van der Waals surface area contributed by atoms with Gasteiger partial charge in [0.2, 0.25) is 0 Å². The van der Waals surface area contributed by atoms with Gasteiger partial charge in [-0.25, -0.2) is 0 Å². The summed E-state index contributed by atoms with van der Waals surface area (Å²) in [7, 11) is 0. The van der Waals surface area contributed by atoms with Crippen LogP contribution in [0.1, 0.15) is 20.8 Å². The maximum atomic E-state index is 11.7. The first-order valence-electron chi connectivity index (χ1n) is 5.30. The van der Waals surface area contributed by atoms with Gasteiger partial charge in [-0.15, -0.1) is 6.58 Å². The summed E-state index contributed by atoms with van der Waals surface area (Å²) in [5.41, 5.74) is -0.138. The molecule has 0 spiro atoms. The van der Waals surface area contributed by atoms with Crippen molar-refractivity contribution in [3.05, 3.63) is 12.7 Å². The van der Waals surface area contributed by atoms with Crippen LogP contribution in [-0.4, -0.2) is 31.3 Å². The largest absolute Gasteiger partial charge is 0.465 e. The van der Waals surface area contributed by atoms with Crippen LogP contribution in [0.25, 0.3) is 0 Å². The fourth-order valence-electron chi connectivity index (χ4n) is 1.79. The minimum absolute atomic E-state index is 0.0362. The summed E-state index contributed by atoms with van der Waals surface area (Å²) >= 11 is 0. The maximum absolute atomic E-state index is 11.7. The predicted octanol–water partition coefficient (Wildman–Crippen LogP) is 0.649. The molecule has 1 aliphatic rings. The van der Waals surface area contributed by atoms with Crippen molar-refractivity contribution in [2.24, 2.45) is 5.41 Å². The molecule has 4 heteroatoms. The first kappa shape index (κ1) is 12.2. The molecule has 0 aromatic carbocycles. The zero-order valence-corrected chi connectivity index (χ0v) is 9.67. The van der Waals surface area contributed by atoms with Gasteiger partial charge in [-0.1, -0.05) is 19.9 Å². The molecule has 1 heterocycles. The highest BCUT2D eigenvalue weighted by atomic mass is 16.5. The van der Waals surface area contributed by atoms with E-state index < -0.39 is 0 Å². The second-order valence-corrected chi connectivity index (χ2v) is 4.32. The first-order chi connectivity index (χ1) is 7.03. The highest BCUT2D eigenvalue weighted by Gasteiger charge is 2.41. The third kappa shape index (κ3) is 2.58. The molecule has 0 aliphatic carbocycles. The topological polar surface area (TPSA) is 50.4 Å². The van der Waals surface area contributed by atoms with E-state index >= 15 is 0 Å². The molecular formula is C11H20N2O2. The number of carbonyl (C=O) groups is 1. The molecule has 0 aromatic rings. The number of hydrogen-bond donors (Lipinski definition) is 2. The molecule has 1 rings (SSSR count). The van der Waals surface area contributed by atoms with E-state index in [4.69, 9.17) is 4.74 Å². The van der Waals surface area contributed by atoms with E-state index in [9.17, 15) is 4.79 Å². The number of nitrogens with one attached hydrogen (secondary N) is 2. The van der Waals surface area contributed by atoms with Gasteiger partial charge in [0.15, 0.2) is 0 Å². The van der Waals surface area contributed by atoms with Crippen LogP contribution in [0.2, 0.25) is 0 Å². The smallest absolute Gasteiger partial charge is 0.324 e. The Balaban J connectivity index is 2.72. The molecule has 0 aromatic heterocycles. The van der Waals surface area contributed by atoms with Gasteiger partial charge in [-0.05, 0) is 12.3 Å². The van der Waals surface area contributed by atoms with E-state index in [0.717, 1.165) is 0 Å². The number of ether oxygens (including phenoxy) is 1.